The average Bonchev–Trinajstić information content (AvgIpc) is 3.13. The lowest BCUT2D eigenvalue weighted by atomic mass is 9.73. The molecule has 4 aliphatic rings. The Balaban J connectivity index is 1.51. The predicted molar refractivity (Wildman–Crippen MR) is 93.5 cm³/mol. The number of fused-ring (bicyclic) bond motifs is 3. The summed E-state index contributed by atoms with van der Waals surface area (Å²) in [4.78, 5) is 7.28. The molecule has 1 aromatic heterocycles. The quantitative estimate of drug-likeness (QED) is 0.731. The molecule has 6 rings (SSSR count). The van der Waals surface area contributed by atoms with Gasteiger partial charge in [-0.25, -0.2) is 4.98 Å². The van der Waals surface area contributed by atoms with Gasteiger partial charge >= 0.3 is 0 Å². The van der Waals surface area contributed by atoms with Crippen LogP contribution in [0.2, 0.25) is 5.02 Å². The number of hydrogen-bond donors (Lipinski definition) is 3. The van der Waals surface area contributed by atoms with Crippen molar-refractivity contribution in [3.63, 3.8) is 0 Å². The van der Waals surface area contributed by atoms with Crippen LogP contribution in [0.5, 0.6) is 0 Å². The zero-order valence-electron chi connectivity index (χ0n) is 12.8. The van der Waals surface area contributed by atoms with E-state index in [2.05, 4.69) is 15.5 Å². The molecule has 4 aliphatic heterocycles. The fourth-order valence-electron chi connectivity index (χ4n) is 4.50. The van der Waals surface area contributed by atoms with E-state index < -0.39 is 5.79 Å². The first-order valence-electron chi connectivity index (χ1n) is 8.19. The molecule has 1 spiro atoms. The zero-order chi connectivity index (χ0) is 15.7. The first-order valence-corrected chi connectivity index (χ1v) is 9.39. The van der Waals surface area contributed by atoms with Crippen molar-refractivity contribution in [1.82, 2.24) is 20.5 Å². The molecule has 0 aliphatic carbocycles. The fraction of sp³-hybridized carbons (Fsp3) is 0.562. The van der Waals surface area contributed by atoms with Crippen LogP contribution in [0.3, 0.4) is 0 Å². The lowest BCUT2D eigenvalue weighted by molar-refractivity contribution is 0.0160. The summed E-state index contributed by atoms with van der Waals surface area (Å²) in [6.45, 7) is 4.43. The Morgan fingerprint density at radius 2 is 2.17 bits per heavy atom. The number of rotatable bonds is 1. The van der Waals surface area contributed by atoms with E-state index in [4.69, 9.17) is 22.3 Å². The Labute approximate surface area is 144 Å². The minimum absolute atomic E-state index is 0.0763. The Bertz CT molecular complexity index is 771. The SMILES string of the molecule is NC1(c2nc3c(Cl)cccc3s2)NCC2(CN3CCC2CC3)N1. The molecule has 5 nitrogen and oxygen atoms in total. The summed E-state index contributed by atoms with van der Waals surface area (Å²) >= 11 is 7.89. The van der Waals surface area contributed by atoms with E-state index in [1.807, 2.05) is 18.2 Å². The van der Waals surface area contributed by atoms with E-state index in [1.54, 1.807) is 11.3 Å². The van der Waals surface area contributed by atoms with Crippen LogP contribution >= 0.6 is 22.9 Å². The Morgan fingerprint density at radius 1 is 1.35 bits per heavy atom. The van der Waals surface area contributed by atoms with Crippen LogP contribution < -0.4 is 16.4 Å². The van der Waals surface area contributed by atoms with E-state index in [0.29, 0.717) is 10.9 Å². The number of halogens is 1. The maximum Gasteiger partial charge on any atom is 0.175 e. The van der Waals surface area contributed by atoms with Crippen molar-refractivity contribution in [2.45, 2.75) is 24.2 Å². The van der Waals surface area contributed by atoms with Crippen molar-refractivity contribution in [3.8, 4) is 0 Å². The molecule has 2 aromatic rings. The molecule has 4 N–H and O–H groups in total. The van der Waals surface area contributed by atoms with Crippen LogP contribution in [0.4, 0.5) is 0 Å². The van der Waals surface area contributed by atoms with Gasteiger partial charge in [0.25, 0.3) is 0 Å². The summed E-state index contributed by atoms with van der Waals surface area (Å²) in [6, 6.07) is 5.88. The number of para-hydroxylation sites is 1. The van der Waals surface area contributed by atoms with Crippen LogP contribution in [0.25, 0.3) is 10.2 Å². The fourth-order valence-corrected chi connectivity index (χ4v) is 5.81. The molecule has 0 radical (unpaired) electrons. The molecule has 2 bridgehead atoms. The lowest BCUT2D eigenvalue weighted by Crippen LogP contribution is -2.68. The van der Waals surface area contributed by atoms with E-state index in [0.717, 1.165) is 28.3 Å². The molecule has 7 heteroatoms. The third-order valence-corrected chi connectivity index (χ3v) is 7.17. The minimum atomic E-state index is -0.758. The van der Waals surface area contributed by atoms with Gasteiger partial charge < -0.3 is 4.90 Å². The molecule has 0 saturated carbocycles. The normalized spacial score (nSPS) is 39.6. The second-order valence-corrected chi connectivity index (χ2v) is 8.54. The van der Waals surface area contributed by atoms with E-state index in [9.17, 15) is 0 Å². The number of benzene rings is 1. The highest BCUT2D eigenvalue weighted by Crippen LogP contribution is 2.41. The highest BCUT2D eigenvalue weighted by molar-refractivity contribution is 7.18. The highest BCUT2D eigenvalue weighted by Gasteiger charge is 2.55. The number of hydrogen-bond acceptors (Lipinski definition) is 6. The Kier molecular flexibility index (Phi) is 3.09. The van der Waals surface area contributed by atoms with Gasteiger partial charge in [0.1, 0.15) is 10.5 Å². The minimum Gasteiger partial charge on any atom is -0.301 e. The maximum absolute atomic E-state index is 6.70. The van der Waals surface area contributed by atoms with Crippen molar-refractivity contribution in [2.24, 2.45) is 11.7 Å². The number of aromatic nitrogens is 1. The van der Waals surface area contributed by atoms with E-state index in [-0.39, 0.29) is 5.54 Å². The topological polar surface area (TPSA) is 66.2 Å². The molecule has 1 aromatic carbocycles. The maximum atomic E-state index is 6.70. The smallest absolute Gasteiger partial charge is 0.175 e. The van der Waals surface area contributed by atoms with Crippen LogP contribution in [0, 0.1) is 5.92 Å². The molecule has 122 valence electrons. The first-order chi connectivity index (χ1) is 11.1. The van der Waals surface area contributed by atoms with Gasteiger partial charge in [0.05, 0.1) is 9.72 Å². The van der Waals surface area contributed by atoms with Crippen LogP contribution in [-0.2, 0) is 5.79 Å². The van der Waals surface area contributed by atoms with E-state index >= 15 is 0 Å². The zero-order valence-corrected chi connectivity index (χ0v) is 14.4. The van der Waals surface area contributed by atoms with Crippen LogP contribution in [0.1, 0.15) is 17.8 Å². The second kappa shape index (κ2) is 4.88. The number of nitrogens with one attached hydrogen (secondary N) is 2. The summed E-state index contributed by atoms with van der Waals surface area (Å²) in [5, 5.41) is 8.81. The molecule has 2 atom stereocenters. The number of thiazole rings is 1. The predicted octanol–water partition coefficient (Wildman–Crippen LogP) is 1.68. The van der Waals surface area contributed by atoms with Gasteiger partial charge in [0.15, 0.2) is 5.79 Å². The van der Waals surface area contributed by atoms with Gasteiger partial charge in [-0.2, -0.15) is 0 Å². The molecule has 0 amide bonds. The van der Waals surface area contributed by atoms with Crippen molar-refractivity contribution in [1.29, 1.82) is 0 Å². The molecule has 23 heavy (non-hydrogen) atoms. The second-order valence-electron chi connectivity index (χ2n) is 7.10. The third-order valence-electron chi connectivity index (χ3n) is 5.71. The Hall–Kier alpha value is -0.760. The summed E-state index contributed by atoms with van der Waals surface area (Å²) < 4.78 is 1.08. The molecule has 5 heterocycles. The van der Waals surface area contributed by atoms with Crippen molar-refractivity contribution < 1.29 is 0 Å². The molecule has 4 saturated heterocycles. The standard InChI is InChI=1S/C16H20ClN5S/c17-11-2-1-3-12-13(11)20-14(23-12)16(18)19-8-15(21-16)9-22-6-4-10(15)5-7-22/h1-3,10,19,21H,4-9,18H2. The Morgan fingerprint density at radius 3 is 2.87 bits per heavy atom. The van der Waals surface area contributed by atoms with E-state index in [1.165, 1.54) is 25.9 Å². The van der Waals surface area contributed by atoms with Crippen molar-refractivity contribution in [3.05, 3.63) is 28.2 Å². The van der Waals surface area contributed by atoms with Crippen LogP contribution in [0.15, 0.2) is 18.2 Å². The van der Waals surface area contributed by atoms with Crippen LogP contribution in [-0.4, -0.2) is 41.6 Å². The number of piperidine rings is 3. The highest BCUT2D eigenvalue weighted by atomic mass is 35.5. The summed E-state index contributed by atoms with van der Waals surface area (Å²) in [6.07, 6.45) is 2.52. The number of nitrogens with zero attached hydrogens (tertiary/aromatic N) is 2. The monoisotopic (exact) mass is 349 g/mol. The van der Waals surface area contributed by atoms with Gasteiger partial charge in [0.2, 0.25) is 0 Å². The molecule has 4 fully saturated rings. The number of nitrogens with two attached hydrogens (primary N) is 1. The molecule has 2 unspecified atom stereocenters. The van der Waals surface area contributed by atoms with Gasteiger partial charge in [-0.15, -0.1) is 11.3 Å². The van der Waals surface area contributed by atoms with Crippen molar-refractivity contribution >= 4 is 33.2 Å². The summed E-state index contributed by atoms with van der Waals surface area (Å²) in [5.41, 5.74) is 7.62. The summed E-state index contributed by atoms with van der Waals surface area (Å²) in [7, 11) is 0. The first kappa shape index (κ1) is 14.6. The van der Waals surface area contributed by atoms with Gasteiger partial charge in [-0.3, -0.25) is 16.4 Å². The summed E-state index contributed by atoms with van der Waals surface area (Å²) in [5.74, 6) is -0.0607. The van der Waals surface area contributed by atoms with Crippen molar-refractivity contribution in [2.75, 3.05) is 26.2 Å². The largest absolute Gasteiger partial charge is 0.301 e. The molecular formula is C16H20ClN5S. The lowest BCUT2D eigenvalue weighted by Gasteiger charge is -2.52. The third kappa shape index (κ3) is 2.10. The van der Waals surface area contributed by atoms with Gasteiger partial charge in [0, 0.05) is 18.6 Å². The molecular weight excluding hydrogens is 330 g/mol. The average molecular weight is 350 g/mol. The van der Waals surface area contributed by atoms with Gasteiger partial charge in [-0.05, 0) is 44.0 Å². The van der Waals surface area contributed by atoms with Gasteiger partial charge in [-0.1, -0.05) is 17.7 Å².